The number of methoxy groups -OCH3 is 1. The Bertz CT molecular complexity index is 457. The largest absolute Gasteiger partial charge is 0.497 e. The van der Waals surface area contributed by atoms with Crippen molar-refractivity contribution >= 4 is 0 Å². The van der Waals surface area contributed by atoms with Crippen molar-refractivity contribution in [1.82, 2.24) is 5.32 Å². The van der Waals surface area contributed by atoms with Gasteiger partial charge < -0.3 is 10.1 Å². The molecule has 2 nitrogen and oxygen atoms in total. The molecule has 1 aromatic rings. The second-order valence-corrected chi connectivity index (χ2v) is 6.70. The van der Waals surface area contributed by atoms with Gasteiger partial charge in [-0.3, -0.25) is 0 Å². The molecule has 0 saturated heterocycles. The van der Waals surface area contributed by atoms with Crippen LogP contribution in [0.4, 0.5) is 0 Å². The molecule has 1 N–H and O–H groups in total. The molecule has 110 valence electrons. The fourth-order valence-corrected chi connectivity index (χ4v) is 3.97. The summed E-state index contributed by atoms with van der Waals surface area (Å²) in [5.41, 5.74) is 2.97. The predicted octanol–water partition coefficient (Wildman–Crippen LogP) is 4.10. The second-order valence-electron chi connectivity index (χ2n) is 6.70. The number of ether oxygens (including phenoxy) is 1. The quantitative estimate of drug-likeness (QED) is 0.892. The average Bonchev–Trinajstić information content (AvgIpc) is 2.87. The van der Waals surface area contributed by atoms with Crippen molar-refractivity contribution in [2.45, 2.75) is 51.5 Å². The Morgan fingerprint density at radius 2 is 2.15 bits per heavy atom. The first-order chi connectivity index (χ1) is 9.76. The van der Waals surface area contributed by atoms with Gasteiger partial charge in [0.25, 0.3) is 0 Å². The lowest BCUT2D eigenvalue weighted by Gasteiger charge is -2.28. The summed E-state index contributed by atoms with van der Waals surface area (Å²) in [6.07, 6.45) is 8.12. The van der Waals surface area contributed by atoms with E-state index in [9.17, 15) is 0 Å². The minimum atomic E-state index is 0.539. The fraction of sp³-hybridized carbons (Fsp3) is 0.667. The highest BCUT2D eigenvalue weighted by Crippen LogP contribution is 2.35. The molecule has 0 amide bonds. The zero-order valence-electron chi connectivity index (χ0n) is 12.8. The molecule has 3 unspecified atom stereocenters. The van der Waals surface area contributed by atoms with Gasteiger partial charge >= 0.3 is 0 Å². The van der Waals surface area contributed by atoms with Gasteiger partial charge in [0.2, 0.25) is 0 Å². The van der Waals surface area contributed by atoms with Gasteiger partial charge in [0.05, 0.1) is 7.11 Å². The molecule has 2 aliphatic rings. The van der Waals surface area contributed by atoms with Crippen molar-refractivity contribution in [2.24, 2.45) is 11.8 Å². The molecule has 0 heterocycles. The zero-order valence-corrected chi connectivity index (χ0v) is 12.8. The lowest BCUT2D eigenvalue weighted by Crippen LogP contribution is -2.29. The number of hydrogen-bond acceptors (Lipinski definition) is 2. The van der Waals surface area contributed by atoms with Crippen molar-refractivity contribution < 1.29 is 4.74 Å². The molecule has 2 heteroatoms. The van der Waals surface area contributed by atoms with Crippen molar-refractivity contribution in [3.63, 3.8) is 0 Å². The molecule has 0 bridgehead atoms. The first-order valence-corrected chi connectivity index (χ1v) is 8.16. The first-order valence-electron chi connectivity index (χ1n) is 8.16. The van der Waals surface area contributed by atoms with Crippen molar-refractivity contribution in [3.8, 4) is 5.75 Å². The number of benzene rings is 1. The maximum absolute atomic E-state index is 5.37. The summed E-state index contributed by atoms with van der Waals surface area (Å²) in [6, 6.07) is 7.09. The highest BCUT2D eigenvalue weighted by Gasteiger charge is 2.25. The third kappa shape index (κ3) is 3.01. The molecule has 1 aromatic carbocycles. The average molecular weight is 273 g/mol. The van der Waals surface area contributed by atoms with E-state index in [1.165, 1.54) is 56.2 Å². The van der Waals surface area contributed by atoms with E-state index in [4.69, 9.17) is 4.74 Å². The highest BCUT2D eigenvalue weighted by atomic mass is 16.5. The molecule has 1 fully saturated rings. The number of fused-ring (bicyclic) bond motifs is 1. The number of hydrogen-bond donors (Lipinski definition) is 1. The Hall–Kier alpha value is -1.02. The third-order valence-corrected chi connectivity index (χ3v) is 5.13. The van der Waals surface area contributed by atoms with Crippen LogP contribution >= 0.6 is 0 Å². The molecule has 1 saturated carbocycles. The van der Waals surface area contributed by atoms with Gasteiger partial charge in [-0.05, 0) is 67.3 Å². The van der Waals surface area contributed by atoms with Crippen molar-refractivity contribution in [3.05, 3.63) is 29.3 Å². The summed E-state index contributed by atoms with van der Waals surface area (Å²) >= 11 is 0. The molecule has 0 radical (unpaired) electrons. The first kappa shape index (κ1) is 13.9. The van der Waals surface area contributed by atoms with Crippen LogP contribution in [0.2, 0.25) is 0 Å². The summed E-state index contributed by atoms with van der Waals surface area (Å²) in [7, 11) is 1.75. The summed E-state index contributed by atoms with van der Waals surface area (Å²) < 4.78 is 5.37. The summed E-state index contributed by atoms with van der Waals surface area (Å²) in [5, 5.41) is 3.82. The standard InChI is InChI=1S/C18H27NO/c1-13-4-3-5-14(10-13)12-19-18-9-7-15-6-8-16(20-2)11-17(15)18/h6,8,11,13-14,18-19H,3-5,7,9-10,12H2,1-2H3. The topological polar surface area (TPSA) is 21.3 Å². The van der Waals surface area contributed by atoms with E-state index < -0.39 is 0 Å². The van der Waals surface area contributed by atoms with Crippen molar-refractivity contribution in [2.75, 3.05) is 13.7 Å². The van der Waals surface area contributed by atoms with Crippen LogP contribution in [0.5, 0.6) is 5.75 Å². The molecule has 0 aliphatic heterocycles. The number of aryl methyl sites for hydroxylation is 1. The zero-order chi connectivity index (χ0) is 13.9. The van der Waals surface area contributed by atoms with E-state index >= 15 is 0 Å². The molecular weight excluding hydrogens is 246 g/mol. The molecule has 0 aromatic heterocycles. The lowest BCUT2D eigenvalue weighted by molar-refractivity contribution is 0.266. The van der Waals surface area contributed by atoms with Crippen LogP contribution in [0.3, 0.4) is 0 Å². The Balaban J connectivity index is 1.60. The molecule has 3 atom stereocenters. The Morgan fingerprint density at radius 1 is 1.25 bits per heavy atom. The molecular formula is C18H27NO. The second kappa shape index (κ2) is 6.17. The van der Waals surface area contributed by atoms with Gasteiger partial charge in [-0.1, -0.05) is 25.8 Å². The Morgan fingerprint density at radius 3 is 2.95 bits per heavy atom. The Labute approximate surface area is 122 Å². The van der Waals surface area contributed by atoms with Gasteiger partial charge in [0.1, 0.15) is 5.75 Å². The summed E-state index contributed by atoms with van der Waals surface area (Å²) in [6.45, 7) is 3.59. The lowest BCUT2D eigenvalue weighted by atomic mass is 9.82. The van der Waals surface area contributed by atoms with E-state index in [1.54, 1.807) is 7.11 Å². The Kier molecular flexibility index (Phi) is 4.30. The number of rotatable bonds is 4. The van der Waals surface area contributed by atoms with E-state index in [-0.39, 0.29) is 0 Å². The number of nitrogens with one attached hydrogen (secondary N) is 1. The van der Waals surface area contributed by atoms with Crippen LogP contribution in [-0.2, 0) is 6.42 Å². The van der Waals surface area contributed by atoms with Crippen LogP contribution in [0.25, 0.3) is 0 Å². The summed E-state index contributed by atoms with van der Waals surface area (Å²) in [4.78, 5) is 0. The molecule has 20 heavy (non-hydrogen) atoms. The van der Waals surface area contributed by atoms with Crippen LogP contribution in [0.1, 0.15) is 56.2 Å². The SMILES string of the molecule is COc1ccc2c(c1)C(NCC1CCCC(C)C1)CC2. The van der Waals surface area contributed by atoms with Crippen LogP contribution in [-0.4, -0.2) is 13.7 Å². The molecule has 2 aliphatic carbocycles. The van der Waals surface area contributed by atoms with E-state index in [1.807, 2.05) is 0 Å². The molecule has 0 spiro atoms. The van der Waals surface area contributed by atoms with Gasteiger partial charge in [0.15, 0.2) is 0 Å². The minimum absolute atomic E-state index is 0.539. The van der Waals surface area contributed by atoms with E-state index in [0.717, 1.165) is 17.6 Å². The normalized spacial score (nSPS) is 29.2. The predicted molar refractivity (Wildman–Crippen MR) is 83.2 cm³/mol. The van der Waals surface area contributed by atoms with Gasteiger partial charge in [0, 0.05) is 6.04 Å². The van der Waals surface area contributed by atoms with E-state index in [2.05, 4.69) is 30.4 Å². The maximum Gasteiger partial charge on any atom is 0.119 e. The fourth-order valence-electron chi connectivity index (χ4n) is 3.97. The summed E-state index contributed by atoms with van der Waals surface area (Å²) in [5.74, 6) is 2.80. The third-order valence-electron chi connectivity index (χ3n) is 5.13. The maximum atomic E-state index is 5.37. The van der Waals surface area contributed by atoms with Crippen LogP contribution in [0.15, 0.2) is 18.2 Å². The van der Waals surface area contributed by atoms with Gasteiger partial charge in [-0.2, -0.15) is 0 Å². The van der Waals surface area contributed by atoms with Crippen molar-refractivity contribution in [1.29, 1.82) is 0 Å². The van der Waals surface area contributed by atoms with Crippen LogP contribution in [0, 0.1) is 11.8 Å². The molecule has 3 rings (SSSR count). The van der Waals surface area contributed by atoms with Gasteiger partial charge in [-0.15, -0.1) is 0 Å². The van der Waals surface area contributed by atoms with Crippen LogP contribution < -0.4 is 10.1 Å². The monoisotopic (exact) mass is 273 g/mol. The smallest absolute Gasteiger partial charge is 0.119 e. The highest BCUT2D eigenvalue weighted by molar-refractivity contribution is 5.40. The van der Waals surface area contributed by atoms with Gasteiger partial charge in [-0.25, -0.2) is 0 Å². The minimum Gasteiger partial charge on any atom is -0.497 e. The van der Waals surface area contributed by atoms with E-state index in [0.29, 0.717) is 6.04 Å².